The van der Waals surface area contributed by atoms with Gasteiger partial charge in [0.1, 0.15) is 5.75 Å². The van der Waals surface area contributed by atoms with E-state index in [1.165, 1.54) is 0 Å². The maximum Gasteiger partial charge on any atom is 0.262 e. The maximum atomic E-state index is 13.5. The number of halogens is 1. The van der Waals surface area contributed by atoms with Crippen molar-refractivity contribution >= 4 is 40.2 Å². The molecule has 0 radical (unpaired) electrons. The number of nitrogens with one attached hydrogen (secondary N) is 2. The molecule has 0 aliphatic rings. The summed E-state index contributed by atoms with van der Waals surface area (Å²) in [7, 11) is 1.58. The number of hydrogen-bond donors (Lipinski definition) is 2. The highest BCUT2D eigenvalue weighted by atomic mass is 35.5. The fraction of sp³-hybridized carbons (Fsp3) is 0.356. The lowest BCUT2D eigenvalue weighted by atomic mass is 10.1. The first-order valence-electron chi connectivity index (χ1n) is 18.8. The molecule has 0 aliphatic carbocycles. The van der Waals surface area contributed by atoms with Gasteiger partial charge in [-0.25, -0.2) is 0 Å². The van der Waals surface area contributed by atoms with Crippen LogP contribution in [0.1, 0.15) is 79.9 Å². The summed E-state index contributed by atoms with van der Waals surface area (Å²) in [5, 5.41) is 7.08. The van der Waals surface area contributed by atoms with Gasteiger partial charge in [-0.3, -0.25) is 19.0 Å². The lowest BCUT2D eigenvalue weighted by molar-refractivity contribution is -0.121. The molecule has 0 spiro atoms. The highest BCUT2D eigenvalue weighted by Gasteiger charge is 2.22. The Morgan fingerprint density at radius 1 is 0.722 bits per heavy atom. The van der Waals surface area contributed by atoms with Gasteiger partial charge in [-0.05, 0) is 99.9 Å². The number of carbonyl (C=O) groups excluding carboxylic acids is 3. The lowest BCUT2D eigenvalue weighted by Crippen LogP contribution is -2.31. The van der Waals surface area contributed by atoms with Gasteiger partial charge < -0.3 is 20.1 Å². The molecule has 3 rings (SSSR count). The van der Waals surface area contributed by atoms with Crippen molar-refractivity contribution in [1.82, 2.24) is 15.2 Å². The average molecular weight is 754 g/mol. The molecule has 1 heterocycles. The third kappa shape index (κ3) is 16.0. The molecule has 2 amide bonds. The predicted molar refractivity (Wildman–Crippen MR) is 222 cm³/mol. The summed E-state index contributed by atoms with van der Waals surface area (Å²) >= 11 is 6.03. The van der Waals surface area contributed by atoms with Crippen molar-refractivity contribution in [2.75, 3.05) is 33.4 Å². The Morgan fingerprint density at radius 2 is 1.26 bits per heavy atom. The Labute approximate surface area is 326 Å². The van der Waals surface area contributed by atoms with Gasteiger partial charge in [-0.15, -0.1) is 0 Å². The summed E-state index contributed by atoms with van der Waals surface area (Å²) in [5.74, 6) is 0.215. The van der Waals surface area contributed by atoms with E-state index in [-0.39, 0.29) is 24.1 Å². The SMILES string of the molecule is CC/C=C\C/C=C\C/C=C\C/C=C\C/C=C\C/C=C\CCC(=O)NCCOCCNC(=O)Cc1c(C)n(C(=O)c2ccc(Cl)cc2)c2ccc(OC)cc12. The van der Waals surface area contributed by atoms with E-state index in [4.69, 9.17) is 21.1 Å². The molecule has 0 atom stereocenters. The smallest absolute Gasteiger partial charge is 0.262 e. The van der Waals surface area contributed by atoms with Crippen LogP contribution in [0.2, 0.25) is 5.02 Å². The molecule has 0 unspecified atom stereocenters. The first-order valence-corrected chi connectivity index (χ1v) is 19.2. The fourth-order valence-electron chi connectivity index (χ4n) is 5.59. The minimum atomic E-state index is -0.208. The summed E-state index contributed by atoms with van der Waals surface area (Å²) in [5.41, 5.74) is 2.61. The van der Waals surface area contributed by atoms with Crippen LogP contribution in [0.4, 0.5) is 0 Å². The van der Waals surface area contributed by atoms with Crippen LogP contribution in [0.3, 0.4) is 0 Å². The molecule has 0 aliphatic heterocycles. The van der Waals surface area contributed by atoms with Crippen molar-refractivity contribution in [1.29, 1.82) is 0 Å². The molecule has 3 aromatic rings. The molecule has 0 fully saturated rings. The molecule has 54 heavy (non-hydrogen) atoms. The van der Waals surface area contributed by atoms with E-state index in [9.17, 15) is 14.4 Å². The Morgan fingerprint density at radius 3 is 1.81 bits per heavy atom. The molecule has 0 saturated carbocycles. The van der Waals surface area contributed by atoms with E-state index in [1.54, 1.807) is 42.0 Å². The topological polar surface area (TPSA) is 98.7 Å². The Bertz CT molecular complexity index is 1800. The second-order valence-electron chi connectivity index (χ2n) is 12.5. The van der Waals surface area contributed by atoms with Gasteiger partial charge in [0.05, 0.1) is 32.3 Å². The van der Waals surface area contributed by atoms with Crippen LogP contribution in [0.5, 0.6) is 5.75 Å². The highest BCUT2D eigenvalue weighted by Crippen LogP contribution is 2.31. The Kier molecular flexibility index (Phi) is 20.9. The minimum absolute atomic E-state index is 0.0212. The Hall–Kier alpha value is -4.92. The molecule has 9 heteroatoms. The number of rotatable bonds is 24. The summed E-state index contributed by atoms with van der Waals surface area (Å²) in [6.07, 6.45) is 32.9. The molecule has 8 nitrogen and oxygen atoms in total. The Balaban J connectivity index is 1.26. The molecule has 2 N–H and O–H groups in total. The number of ether oxygens (including phenoxy) is 2. The van der Waals surface area contributed by atoms with Gasteiger partial charge in [0, 0.05) is 41.2 Å². The number of carbonyl (C=O) groups is 3. The van der Waals surface area contributed by atoms with Crippen molar-refractivity contribution < 1.29 is 23.9 Å². The van der Waals surface area contributed by atoms with Crippen molar-refractivity contribution in [3.8, 4) is 5.75 Å². The van der Waals surface area contributed by atoms with Gasteiger partial charge in [0.15, 0.2) is 0 Å². The van der Waals surface area contributed by atoms with Gasteiger partial charge in [0.25, 0.3) is 5.91 Å². The van der Waals surface area contributed by atoms with Gasteiger partial charge in [-0.1, -0.05) is 91.4 Å². The molecule has 2 aromatic carbocycles. The maximum absolute atomic E-state index is 13.5. The van der Waals surface area contributed by atoms with E-state index >= 15 is 0 Å². The first-order chi connectivity index (χ1) is 26.3. The molecule has 0 saturated heterocycles. The van der Waals surface area contributed by atoms with Gasteiger partial charge in [-0.2, -0.15) is 0 Å². The van der Waals surface area contributed by atoms with Gasteiger partial charge >= 0.3 is 0 Å². The normalized spacial score (nSPS) is 12.1. The third-order valence-electron chi connectivity index (χ3n) is 8.45. The monoisotopic (exact) mass is 753 g/mol. The minimum Gasteiger partial charge on any atom is -0.497 e. The number of fused-ring (bicyclic) bond motifs is 1. The van der Waals surface area contributed by atoms with Crippen molar-refractivity contribution in [2.24, 2.45) is 0 Å². The van der Waals surface area contributed by atoms with E-state index in [0.29, 0.717) is 66.7 Å². The first kappa shape index (κ1) is 43.5. The number of methoxy groups -OCH3 is 1. The molecular weight excluding hydrogens is 698 g/mol. The second kappa shape index (κ2) is 26.0. The quantitative estimate of drug-likeness (QED) is 0.0702. The number of allylic oxidation sites excluding steroid dienone is 12. The van der Waals surface area contributed by atoms with E-state index in [2.05, 4.69) is 84.4 Å². The molecule has 1 aromatic heterocycles. The number of aromatic nitrogens is 1. The summed E-state index contributed by atoms with van der Waals surface area (Å²) < 4.78 is 12.7. The standard InChI is InChI=1S/C45H56ClN3O5/c1-4-5-6-7-8-9-10-11-12-13-14-15-16-17-18-19-20-21-22-23-43(50)47-30-32-54-33-31-48-44(51)35-40-36(2)49(42-29-28-39(53-3)34-41(40)42)45(52)37-24-26-38(46)27-25-37/h5-6,8-9,11-12,14-15,17-18,20-21,24-29,34H,4,7,10,13,16,19,22-23,30-33,35H2,1-3H3,(H,47,50)(H,48,51)/b6-5-,9-8-,12-11-,15-14-,18-17-,21-20-. The summed E-state index contributed by atoms with van der Waals surface area (Å²) in [6.45, 7) is 5.36. The van der Waals surface area contributed by atoms with E-state index in [1.807, 2.05) is 25.1 Å². The lowest BCUT2D eigenvalue weighted by Gasteiger charge is -2.09. The van der Waals surface area contributed by atoms with Crippen LogP contribution in [0.25, 0.3) is 10.9 Å². The predicted octanol–water partition coefficient (Wildman–Crippen LogP) is 9.57. The van der Waals surface area contributed by atoms with Crippen LogP contribution in [0.15, 0.2) is 115 Å². The largest absolute Gasteiger partial charge is 0.497 e. The number of amides is 2. The number of nitrogens with zero attached hydrogens (tertiary/aromatic N) is 1. The van der Waals surface area contributed by atoms with Crippen molar-refractivity contribution in [2.45, 2.75) is 71.6 Å². The van der Waals surface area contributed by atoms with E-state index < -0.39 is 0 Å². The zero-order chi connectivity index (χ0) is 38.8. The molecule has 288 valence electrons. The average Bonchev–Trinajstić information content (AvgIpc) is 3.44. The zero-order valence-electron chi connectivity index (χ0n) is 32.0. The van der Waals surface area contributed by atoms with Crippen LogP contribution >= 0.6 is 11.6 Å². The zero-order valence-corrected chi connectivity index (χ0v) is 32.8. The molecular formula is C45H56ClN3O5. The van der Waals surface area contributed by atoms with Crippen LogP contribution < -0.4 is 15.4 Å². The van der Waals surface area contributed by atoms with Crippen LogP contribution in [-0.4, -0.2) is 55.7 Å². The molecule has 0 bridgehead atoms. The summed E-state index contributed by atoms with van der Waals surface area (Å²) in [6, 6.07) is 12.2. The van der Waals surface area contributed by atoms with Crippen molar-refractivity contribution in [3.05, 3.63) is 137 Å². The third-order valence-corrected chi connectivity index (χ3v) is 8.70. The van der Waals surface area contributed by atoms with Crippen LogP contribution in [0, 0.1) is 6.92 Å². The second-order valence-corrected chi connectivity index (χ2v) is 13.0. The van der Waals surface area contributed by atoms with Crippen LogP contribution in [-0.2, 0) is 20.7 Å². The summed E-state index contributed by atoms with van der Waals surface area (Å²) in [4.78, 5) is 38.6. The highest BCUT2D eigenvalue weighted by molar-refractivity contribution is 6.30. The fourth-order valence-corrected chi connectivity index (χ4v) is 5.71. The van der Waals surface area contributed by atoms with Crippen molar-refractivity contribution in [3.63, 3.8) is 0 Å². The van der Waals surface area contributed by atoms with E-state index in [0.717, 1.165) is 49.5 Å². The number of benzene rings is 2. The van der Waals surface area contributed by atoms with Gasteiger partial charge in [0.2, 0.25) is 11.8 Å². The number of hydrogen-bond acceptors (Lipinski definition) is 5.